The van der Waals surface area contributed by atoms with E-state index in [0.29, 0.717) is 12.8 Å². The average molecular weight is 306 g/mol. The number of halogens is 1. The Hall–Kier alpha value is -2.43. The summed E-state index contributed by atoms with van der Waals surface area (Å²) in [5.41, 5.74) is 0. The Balaban J connectivity index is 2.39. The van der Waals surface area contributed by atoms with Gasteiger partial charge in [0.05, 0.1) is 12.8 Å². The van der Waals surface area contributed by atoms with Crippen molar-refractivity contribution >= 4 is 11.9 Å². The molecular weight excluding hydrogens is 287 g/mol. The molecule has 0 aliphatic carbocycles. The lowest BCUT2D eigenvalue weighted by Crippen LogP contribution is -2.19. The number of carbonyl (C=O) groups excluding carboxylic acids is 2. The van der Waals surface area contributed by atoms with Crippen LogP contribution in [0.4, 0.5) is 4.39 Å². The highest BCUT2D eigenvalue weighted by molar-refractivity contribution is 5.79. The minimum Gasteiger partial charge on any atom is -0.462 e. The second-order valence-electron chi connectivity index (χ2n) is 4.57. The molecule has 0 unspecified atom stereocenters. The molecule has 0 radical (unpaired) electrons. The Morgan fingerprint density at radius 1 is 1.09 bits per heavy atom. The lowest BCUT2D eigenvalue weighted by Gasteiger charge is -2.14. The van der Waals surface area contributed by atoms with Gasteiger partial charge in [-0.1, -0.05) is 24.3 Å². The minimum atomic E-state index is -0.689. The molecule has 5 heteroatoms. The third-order valence-corrected chi connectivity index (χ3v) is 2.75. The van der Waals surface area contributed by atoms with Crippen LogP contribution in [-0.4, -0.2) is 18.0 Å². The number of hydrogen-bond donors (Lipinski definition) is 0. The van der Waals surface area contributed by atoms with Gasteiger partial charge in [-0.3, -0.25) is 9.59 Å². The highest BCUT2D eigenvalue weighted by Crippen LogP contribution is 2.16. The van der Waals surface area contributed by atoms with Crippen molar-refractivity contribution in [3.8, 4) is 5.75 Å². The van der Waals surface area contributed by atoms with E-state index in [1.165, 1.54) is 18.2 Å². The van der Waals surface area contributed by atoms with Crippen LogP contribution < -0.4 is 4.74 Å². The monoisotopic (exact) mass is 306 g/mol. The van der Waals surface area contributed by atoms with Crippen molar-refractivity contribution in [2.24, 2.45) is 0 Å². The Labute approximate surface area is 129 Å². The van der Waals surface area contributed by atoms with Gasteiger partial charge in [0, 0.05) is 12.8 Å². The summed E-state index contributed by atoms with van der Waals surface area (Å²) in [7, 11) is 0. The van der Waals surface area contributed by atoms with Gasteiger partial charge in [-0.15, -0.1) is 13.2 Å². The van der Waals surface area contributed by atoms with E-state index in [1.54, 1.807) is 18.2 Å². The Bertz CT molecular complexity index is 529. The predicted molar refractivity (Wildman–Crippen MR) is 80.8 cm³/mol. The van der Waals surface area contributed by atoms with Gasteiger partial charge in [0.25, 0.3) is 0 Å². The van der Waals surface area contributed by atoms with E-state index in [9.17, 15) is 14.0 Å². The smallest absolute Gasteiger partial charge is 0.311 e. The summed E-state index contributed by atoms with van der Waals surface area (Å²) in [5.74, 6) is -1.99. The van der Waals surface area contributed by atoms with Crippen LogP contribution >= 0.6 is 0 Å². The van der Waals surface area contributed by atoms with Crippen molar-refractivity contribution in [3.63, 3.8) is 0 Å². The number of carbonyl (C=O) groups is 2. The maximum absolute atomic E-state index is 13.3. The molecule has 0 N–H and O–H groups in total. The quantitative estimate of drug-likeness (QED) is 0.397. The number of benzene rings is 1. The molecule has 0 amide bonds. The fraction of sp³-hybridized carbons (Fsp3) is 0.294. The van der Waals surface area contributed by atoms with E-state index in [1.807, 2.05) is 0 Å². The molecule has 0 aromatic heterocycles. The lowest BCUT2D eigenvalue weighted by molar-refractivity contribution is -0.151. The molecule has 1 aromatic rings. The topological polar surface area (TPSA) is 52.6 Å². The zero-order valence-electron chi connectivity index (χ0n) is 12.3. The molecule has 0 saturated carbocycles. The van der Waals surface area contributed by atoms with E-state index >= 15 is 0 Å². The fourth-order valence-corrected chi connectivity index (χ4v) is 1.71. The van der Waals surface area contributed by atoms with Crippen molar-refractivity contribution < 1.29 is 23.5 Å². The first-order valence-electron chi connectivity index (χ1n) is 6.93. The molecule has 0 saturated heterocycles. The molecule has 0 aliphatic rings. The molecule has 0 heterocycles. The normalized spacial score (nSPS) is 10.1. The second kappa shape index (κ2) is 9.50. The molecule has 1 rings (SSSR count). The highest BCUT2D eigenvalue weighted by atomic mass is 19.1. The van der Waals surface area contributed by atoms with Crippen molar-refractivity contribution in [1.29, 1.82) is 0 Å². The van der Waals surface area contributed by atoms with Gasteiger partial charge in [0.15, 0.2) is 11.6 Å². The van der Waals surface area contributed by atoms with Crippen LogP contribution in [0.5, 0.6) is 5.75 Å². The van der Waals surface area contributed by atoms with E-state index in [2.05, 4.69) is 13.2 Å². The summed E-state index contributed by atoms with van der Waals surface area (Å²) >= 11 is 0. The van der Waals surface area contributed by atoms with Crippen LogP contribution in [0.25, 0.3) is 0 Å². The second-order valence-corrected chi connectivity index (χ2v) is 4.57. The summed E-state index contributed by atoms with van der Waals surface area (Å²) in [6.07, 6.45) is 3.68. The Morgan fingerprint density at radius 2 is 1.68 bits per heavy atom. The van der Waals surface area contributed by atoms with Gasteiger partial charge < -0.3 is 9.47 Å². The summed E-state index contributed by atoms with van der Waals surface area (Å²) in [6, 6.07) is 5.57. The number of rotatable bonds is 9. The third-order valence-electron chi connectivity index (χ3n) is 2.75. The summed E-state index contributed by atoms with van der Waals surface area (Å²) in [4.78, 5) is 23.2. The molecule has 0 aliphatic heterocycles. The predicted octanol–water partition coefficient (Wildman–Crippen LogP) is 3.58. The number of ether oxygens (including phenoxy) is 2. The zero-order valence-corrected chi connectivity index (χ0v) is 12.3. The molecule has 1 aromatic carbocycles. The van der Waals surface area contributed by atoms with Gasteiger partial charge in [0.1, 0.15) is 6.10 Å². The van der Waals surface area contributed by atoms with Crippen LogP contribution in [0.2, 0.25) is 0 Å². The first-order chi connectivity index (χ1) is 10.6. The number of hydrogen-bond acceptors (Lipinski definition) is 4. The Kier molecular flexibility index (Phi) is 7.61. The zero-order chi connectivity index (χ0) is 16.4. The standard InChI is InChI=1S/C17H19FO4/c1-3-7-13(8-4-2)21-16(19)11-12-17(20)22-15-10-6-5-9-14(15)18/h3-6,9-10,13H,1-2,7-8,11-12H2. The molecule has 0 spiro atoms. The largest absolute Gasteiger partial charge is 0.462 e. The first kappa shape index (κ1) is 17.6. The van der Waals surface area contributed by atoms with Crippen molar-refractivity contribution in [3.05, 3.63) is 55.4 Å². The van der Waals surface area contributed by atoms with Gasteiger partial charge in [0.2, 0.25) is 0 Å². The minimum absolute atomic E-state index is 0.127. The van der Waals surface area contributed by atoms with E-state index in [0.717, 1.165) is 0 Å². The average Bonchev–Trinajstić information content (AvgIpc) is 2.48. The van der Waals surface area contributed by atoms with Crippen LogP contribution in [0.15, 0.2) is 49.6 Å². The van der Waals surface area contributed by atoms with Crippen molar-refractivity contribution in [2.45, 2.75) is 31.8 Å². The van der Waals surface area contributed by atoms with E-state index in [4.69, 9.17) is 9.47 Å². The first-order valence-corrected chi connectivity index (χ1v) is 6.93. The third kappa shape index (κ3) is 6.35. The maximum atomic E-state index is 13.3. The lowest BCUT2D eigenvalue weighted by atomic mass is 10.2. The molecule has 4 nitrogen and oxygen atoms in total. The van der Waals surface area contributed by atoms with Gasteiger partial charge in [-0.2, -0.15) is 0 Å². The van der Waals surface area contributed by atoms with Gasteiger partial charge in [-0.25, -0.2) is 4.39 Å². The van der Waals surface area contributed by atoms with Gasteiger partial charge in [-0.05, 0) is 12.1 Å². The van der Waals surface area contributed by atoms with Crippen LogP contribution in [0, 0.1) is 5.82 Å². The van der Waals surface area contributed by atoms with Crippen LogP contribution in [-0.2, 0) is 14.3 Å². The molecule has 0 bridgehead atoms. The fourth-order valence-electron chi connectivity index (χ4n) is 1.71. The van der Waals surface area contributed by atoms with Crippen LogP contribution in [0.1, 0.15) is 25.7 Å². The SMILES string of the molecule is C=CCC(CC=C)OC(=O)CCC(=O)Oc1ccccc1F. The number of para-hydroxylation sites is 1. The molecule has 0 atom stereocenters. The van der Waals surface area contributed by atoms with Crippen molar-refractivity contribution in [1.82, 2.24) is 0 Å². The summed E-state index contributed by atoms with van der Waals surface area (Å²) in [6.45, 7) is 7.17. The van der Waals surface area contributed by atoms with E-state index < -0.39 is 17.8 Å². The Morgan fingerprint density at radius 3 is 2.27 bits per heavy atom. The van der Waals surface area contributed by atoms with Crippen molar-refractivity contribution in [2.75, 3.05) is 0 Å². The summed E-state index contributed by atoms with van der Waals surface area (Å²) < 4.78 is 23.3. The van der Waals surface area contributed by atoms with Crippen LogP contribution in [0.3, 0.4) is 0 Å². The molecule has 0 fully saturated rings. The van der Waals surface area contributed by atoms with Gasteiger partial charge >= 0.3 is 11.9 Å². The molecule has 22 heavy (non-hydrogen) atoms. The molecule has 118 valence electrons. The summed E-state index contributed by atoms with van der Waals surface area (Å²) in [5, 5.41) is 0. The highest BCUT2D eigenvalue weighted by Gasteiger charge is 2.15. The number of esters is 2. The molecular formula is C17H19FO4. The van der Waals surface area contributed by atoms with E-state index in [-0.39, 0.29) is 24.7 Å². The maximum Gasteiger partial charge on any atom is 0.311 e.